The zero-order chi connectivity index (χ0) is 20.0. The maximum atomic E-state index is 12.9. The first-order valence-corrected chi connectivity index (χ1v) is 10.6. The fraction of sp³-hybridized carbons (Fsp3) is 0.682. The number of aliphatic hydroxyl groups is 1. The SMILES string of the molecule is CC(C)c1ccc(CN2CCCC(O)(CNCCN3CCOCC3)C2=O)cc1. The maximum absolute atomic E-state index is 12.9. The predicted octanol–water partition coefficient (Wildman–Crippen LogP) is 1.59. The van der Waals surface area contributed by atoms with E-state index in [0.717, 1.165) is 51.4 Å². The van der Waals surface area contributed by atoms with Crippen molar-refractivity contribution in [1.82, 2.24) is 15.1 Å². The van der Waals surface area contributed by atoms with Crippen LogP contribution >= 0.6 is 0 Å². The third-order valence-corrected chi connectivity index (χ3v) is 5.85. The molecule has 0 bridgehead atoms. The van der Waals surface area contributed by atoms with Gasteiger partial charge in [0.25, 0.3) is 5.91 Å². The fourth-order valence-corrected chi connectivity index (χ4v) is 3.97. The number of nitrogens with one attached hydrogen (secondary N) is 1. The number of carbonyl (C=O) groups is 1. The van der Waals surface area contributed by atoms with Crippen molar-refractivity contribution >= 4 is 5.91 Å². The van der Waals surface area contributed by atoms with E-state index in [1.807, 2.05) is 0 Å². The molecular weight excluding hydrogens is 354 g/mol. The summed E-state index contributed by atoms with van der Waals surface area (Å²) in [5, 5.41) is 14.3. The molecule has 1 atom stereocenters. The first-order chi connectivity index (χ1) is 13.5. The summed E-state index contributed by atoms with van der Waals surface area (Å²) in [5.41, 5.74) is 1.12. The Balaban J connectivity index is 1.49. The van der Waals surface area contributed by atoms with Gasteiger partial charge in [-0.1, -0.05) is 38.1 Å². The van der Waals surface area contributed by atoms with Crippen LogP contribution in [-0.4, -0.2) is 78.9 Å². The summed E-state index contributed by atoms with van der Waals surface area (Å²) >= 11 is 0. The van der Waals surface area contributed by atoms with Crippen molar-refractivity contribution in [2.75, 3.05) is 52.5 Å². The molecule has 1 aromatic carbocycles. The Morgan fingerprint density at radius 3 is 2.57 bits per heavy atom. The molecule has 2 saturated heterocycles. The van der Waals surface area contributed by atoms with Crippen LogP contribution in [0, 0.1) is 0 Å². The van der Waals surface area contributed by atoms with E-state index >= 15 is 0 Å². The molecule has 2 aliphatic rings. The molecule has 6 heteroatoms. The largest absolute Gasteiger partial charge is 0.379 e. The number of benzene rings is 1. The molecule has 1 aromatic rings. The van der Waals surface area contributed by atoms with Crippen LogP contribution < -0.4 is 5.32 Å². The van der Waals surface area contributed by atoms with Gasteiger partial charge in [0.15, 0.2) is 5.60 Å². The van der Waals surface area contributed by atoms with E-state index in [9.17, 15) is 9.90 Å². The van der Waals surface area contributed by atoms with Gasteiger partial charge in [-0.2, -0.15) is 0 Å². The molecule has 0 saturated carbocycles. The number of hydrogen-bond donors (Lipinski definition) is 2. The minimum Gasteiger partial charge on any atom is -0.379 e. The van der Waals surface area contributed by atoms with Crippen LogP contribution in [0.3, 0.4) is 0 Å². The molecule has 0 aromatic heterocycles. The van der Waals surface area contributed by atoms with Gasteiger partial charge in [0.1, 0.15) is 0 Å². The number of nitrogens with zero attached hydrogens (tertiary/aromatic N) is 2. The van der Waals surface area contributed by atoms with Crippen LogP contribution in [0.2, 0.25) is 0 Å². The van der Waals surface area contributed by atoms with E-state index in [1.165, 1.54) is 5.56 Å². The molecule has 1 unspecified atom stereocenters. The molecule has 2 heterocycles. The normalized spacial score (nSPS) is 24.1. The third kappa shape index (κ3) is 5.54. The highest BCUT2D eigenvalue weighted by Crippen LogP contribution is 2.24. The van der Waals surface area contributed by atoms with E-state index in [4.69, 9.17) is 4.74 Å². The van der Waals surface area contributed by atoms with Crippen LogP contribution in [0.15, 0.2) is 24.3 Å². The number of hydrogen-bond acceptors (Lipinski definition) is 5. The number of morpholine rings is 1. The number of rotatable bonds is 8. The lowest BCUT2D eigenvalue weighted by Crippen LogP contribution is -2.58. The molecule has 2 aliphatic heterocycles. The van der Waals surface area contributed by atoms with Crippen molar-refractivity contribution in [1.29, 1.82) is 0 Å². The molecule has 0 radical (unpaired) electrons. The highest BCUT2D eigenvalue weighted by molar-refractivity contribution is 5.86. The number of piperidine rings is 1. The van der Waals surface area contributed by atoms with Gasteiger partial charge in [-0.25, -0.2) is 0 Å². The first-order valence-electron chi connectivity index (χ1n) is 10.6. The van der Waals surface area contributed by atoms with Crippen molar-refractivity contribution in [3.8, 4) is 0 Å². The average Bonchev–Trinajstić information content (AvgIpc) is 2.70. The van der Waals surface area contributed by atoms with Crippen molar-refractivity contribution in [2.24, 2.45) is 0 Å². The summed E-state index contributed by atoms with van der Waals surface area (Å²) < 4.78 is 5.36. The van der Waals surface area contributed by atoms with Crippen LogP contribution in [0.25, 0.3) is 0 Å². The second-order valence-electron chi connectivity index (χ2n) is 8.39. The quantitative estimate of drug-likeness (QED) is 0.661. The first kappa shape index (κ1) is 21.2. The summed E-state index contributed by atoms with van der Waals surface area (Å²) in [6.07, 6.45) is 1.36. The minimum atomic E-state index is -1.29. The van der Waals surface area contributed by atoms with Gasteiger partial charge in [-0.05, 0) is 29.9 Å². The third-order valence-electron chi connectivity index (χ3n) is 5.85. The molecule has 156 valence electrons. The Labute approximate surface area is 168 Å². The van der Waals surface area contributed by atoms with Crippen LogP contribution in [-0.2, 0) is 16.1 Å². The zero-order valence-corrected chi connectivity index (χ0v) is 17.3. The molecule has 1 amide bonds. The Morgan fingerprint density at radius 2 is 1.89 bits per heavy atom. The standard InChI is InChI=1S/C22H35N3O3/c1-18(2)20-6-4-19(5-7-20)16-25-10-3-8-22(27,21(25)26)17-23-9-11-24-12-14-28-15-13-24/h4-7,18,23,27H,3,8-17H2,1-2H3. The summed E-state index contributed by atoms with van der Waals surface area (Å²) in [6, 6.07) is 8.45. The van der Waals surface area contributed by atoms with Crippen molar-refractivity contribution in [2.45, 2.75) is 44.8 Å². The monoisotopic (exact) mass is 389 g/mol. The summed E-state index contributed by atoms with van der Waals surface area (Å²) in [6.45, 7) is 11.1. The minimum absolute atomic E-state index is 0.148. The Hall–Kier alpha value is -1.47. The van der Waals surface area contributed by atoms with Crippen LogP contribution in [0.5, 0.6) is 0 Å². The van der Waals surface area contributed by atoms with E-state index in [1.54, 1.807) is 4.90 Å². The summed E-state index contributed by atoms with van der Waals surface area (Å²) in [7, 11) is 0. The fourth-order valence-electron chi connectivity index (χ4n) is 3.97. The van der Waals surface area contributed by atoms with Gasteiger partial charge in [0.2, 0.25) is 0 Å². The molecule has 0 aliphatic carbocycles. The van der Waals surface area contributed by atoms with Gasteiger partial charge in [-0.15, -0.1) is 0 Å². The maximum Gasteiger partial charge on any atom is 0.256 e. The lowest BCUT2D eigenvalue weighted by molar-refractivity contribution is -0.157. The number of amides is 1. The number of carbonyl (C=O) groups excluding carboxylic acids is 1. The van der Waals surface area contributed by atoms with Gasteiger partial charge in [-0.3, -0.25) is 9.69 Å². The molecule has 6 nitrogen and oxygen atoms in total. The molecule has 2 N–H and O–H groups in total. The summed E-state index contributed by atoms with van der Waals surface area (Å²) in [5.74, 6) is 0.352. The van der Waals surface area contributed by atoms with Crippen molar-refractivity contribution < 1.29 is 14.6 Å². The van der Waals surface area contributed by atoms with E-state index in [2.05, 4.69) is 48.3 Å². The molecule has 0 spiro atoms. The van der Waals surface area contributed by atoms with Crippen molar-refractivity contribution in [3.63, 3.8) is 0 Å². The Bertz CT molecular complexity index is 628. The van der Waals surface area contributed by atoms with E-state index in [0.29, 0.717) is 32.0 Å². The van der Waals surface area contributed by atoms with Crippen molar-refractivity contribution in [3.05, 3.63) is 35.4 Å². The van der Waals surface area contributed by atoms with Crippen LogP contribution in [0.4, 0.5) is 0 Å². The zero-order valence-electron chi connectivity index (χ0n) is 17.3. The number of likely N-dealkylation sites (tertiary alicyclic amines) is 1. The lowest BCUT2D eigenvalue weighted by Gasteiger charge is -2.38. The molecule has 2 fully saturated rings. The Kier molecular flexibility index (Phi) is 7.46. The highest BCUT2D eigenvalue weighted by Gasteiger charge is 2.41. The topological polar surface area (TPSA) is 65.0 Å². The lowest BCUT2D eigenvalue weighted by atomic mass is 9.91. The number of ether oxygens (including phenoxy) is 1. The second-order valence-corrected chi connectivity index (χ2v) is 8.39. The van der Waals surface area contributed by atoms with Gasteiger partial charge < -0.3 is 20.1 Å². The van der Waals surface area contributed by atoms with Gasteiger partial charge in [0, 0.05) is 45.8 Å². The van der Waals surface area contributed by atoms with Gasteiger partial charge >= 0.3 is 0 Å². The smallest absolute Gasteiger partial charge is 0.256 e. The van der Waals surface area contributed by atoms with Gasteiger partial charge in [0.05, 0.1) is 13.2 Å². The second kappa shape index (κ2) is 9.83. The van der Waals surface area contributed by atoms with E-state index in [-0.39, 0.29) is 5.91 Å². The summed E-state index contributed by atoms with van der Waals surface area (Å²) in [4.78, 5) is 17.1. The predicted molar refractivity (Wildman–Crippen MR) is 110 cm³/mol. The van der Waals surface area contributed by atoms with Crippen LogP contribution in [0.1, 0.15) is 43.7 Å². The Morgan fingerprint density at radius 1 is 1.18 bits per heavy atom. The highest BCUT2D eigenvalue weighted by atomic mass is 16.5. The molecular formula is C22H35N3O3. The average molecular weight is 390 g/mol. The van der Waals surface area contributed by atoms with E-state index < -0.39 is 5.60 Å². The molecule has 28 heavy (non-hydrogen) atoms. The molecule has 3 rings (SSSR count).